The highest BCUT2D eigenvalue weighted by Gasteiger charge is 1.99. The molecule has 0 rings (SSSR count). The van der Waals surface area contributed by atoms with Gasteiger partial charge in [-0.15, -0.1) is 6.58 Å². The van der Waals surface area contributed by atoms with Crippen LogP contribution in [0.1, 0.15) is 25.7 Å². The van der Waals surface area contributed by atoms with Crippen LogP contribution in [0.5, 0.6) is 0 Å². The summed E-state index contributed by atoms with van der Waals surface area (Å²) in [5.74, 6) is -0.780. The second-order valence-electron chi connectivity index (χ2n) is 2.44. The van der Waals surface area contributed by atoms with Crippen LogP contribution in [-0.4, -0.2) is 22.3 Å². The molecule has 0 unspecified atom stereocenters. The summed E-state index contributed by atoms with van der Waals surface area (Å²) < 4.78 is 0. The van der Waals surface area contributed by atoms with E-state index in [4.69, 9.17) is 10.2 Å². The topological polar surface area (TPSA) is 57.5 Å². The molecule has 0 aliphatic heterocycles. The summed E-state index contributed by atoms with van der Waals surface area (Å²) in [6.07, 6.45) is 3.13. The Bertz CT molecular complexity index is 131. The Morgan fingerprint density at radius 1 is 1.55 bits per heavy atom. The molecule has 11 heavy (non-hydrogen) atoms. The Hall–Kier alpha value is -0.830. The highest BCUT2D eigenvalue weighted by Crippen LogP contribution is 2.03. The fraction of sp³-hybridized carbons (Fsp3) is 0.625. The molecule has 0 aromatic heterocycles. The summed E-state index contributed by atoms with van der Waals surface area (Å²) in [6, 6.07) is 0. The highest BCUT2D eigenvalue weighted by atomic mass is 16.4. The van der Waals surface area contributed by atoms with Crippen molar-refractivity contribution >= 4 is 5.97 Å². The summed E-state index contributed by atoms with van der Waals surface area (Å²) in [7, 11) is 0. The van der Waals surface area contributed by atoms with Crippen LogP contribution in [-0.2, 0) is 4.79 Å². The Kier molecular flexibility index (Phi) is 5.47. The van der Waals surface area contributed by atoms with Crippen molar-refractivity contribution in [2.75, 3.05) is 0 Å². The van der Waals surface area contributed by atoms with Crippen molar-refractivity contribution < 1.29 is 15.0 Å². The van der Waals surface area contributed by atoms with Crippen LogP contribution >= 0.6 is 0 Å². The van der Waals surface area contributed by atoms with Gasteiger partial charge in [0, 0.05) is 6.42 Å². The maximum atomic E-state index is 10.0. The molecule has 0 aliphatic carbocycles. The van der Waals surface area contributed by atoms with Crippen molar-refractivity contribution in [2.24, 2.45) is 0 Å². The normalized spacial score (nSPS) is 12.5. The molecule has 3 heteroatoms. The molecule has 0 amide bonds. The quantitative estimate of drug-likeness (QED) is 0.450. The fourth-order valence-electron chi connectivity index (χ4n) is 0.748. The standard InChI is InChI=1S/C8H14O3/c1-2-7(9)5-3-4-6-8(10)11/h2,7,9H,1,3-6H2,(H,10,11)/t7-/m1/s1. The van der Waals surface area contributed by atoms with Crippen molar-refractivity contribution in [1.29, 1.82) is 0 Å². The van der Waals surface area contributed by atoms with Gasteiger partial charge in [-0.1, -0.05) is 6.08 Å². The highest BCUT2D eigenvalue weighted by molar-refractivity contribution is 5.66. The summed E-state index contributed by atoms with van der Waals surface area (Å²) in [5, 5.41) is 17.2. The van der Waals surface area contributed by atoms with Crippen LogP contribution in [0.15, 0.2) is 12.7 Å². The van der Waals surface area contributed by atoms with Gasteiger partial charge in [0.15, 0.2) is 0 Å². The number of hydrogen-bond acceptors (Lipinski definition) is 2. The van der Waals surface area contributed by atoms with Crippen LogP contribution in [0.4, 0.5) is 0 Å². The Morgan fingerprint density at radius 3 is 2.64 bits per heavy atom. The maximum Gasteiger partial charge on any atom is 0.303 e. The van der Waals surface area contributed by atoms with Gasteiger partial charge in [-0.05, 0) is 19.3 Å². The first-order valence-corrected chi connectivity index (χ1v) is 3.69. The van der Waals surface area contributed by atoms with Gasteiger partial charge < -0.3 is 10.2 Å². The van der Waals surface area contributed by atoms with Crippen molar-refractivity contribution in [1.82, 2.24) is 0 Å². The number of carbonyl (C=O) groups is 1. The number of aliphatic hydroxyl groups is 1. The van der Waals surface area contributed by atoms with E-state index in [1.54, 1.807) is 0 Å². The van der Waals surface area contributed by atoms with Crippen LogP contribution in [0.3, 0.4) is 0 Å². The SMILES string of the molecule is C=C[C@@H](O)CCCCC(=O)O. The molecule has 0 saturated carbocycles. The number of aliphatic carboxylic acids is 1. The number of rotatable bonds is 6. The van der Waals surface area contributed by atoms with E-state index in [0.29, 0.717) is 12.8 Å². The zero-order chi connectivity index (χ0) is 8.69. The number of aliphatic hydroxyl groups excluding tert-OH is 1. The van der Waals surface area contributed by atoms with E-state index in [0.717, 1.165) is 6.42 Å². The van der Waals surface area contributed by atoms with Gasteiger partial charge in [-0.2, -0.15) is 0 Å². The average Bonchev–Trinajstić information content (AvgIpc) is 1.97. The second-order valence-corrected chi connectivity index (χ2v) is 2.44. The van der Waals surface area contributed by atoms with E-state index in [1.807, 2.05) is 0 Å². The van der Waals surface area contributed by atoms with E-state index < -0.39 is 12.1 Å². The van der Waals surface area contributed by atoms with E-state index in [1.165, 1.54) is 6.08 Å². The minimum atomic E-state index is -0.780. The third-order valence-electron chi connectivity index (χ3n) is 1.41. The van der Waals surface area contributed by atoms with E-state index in [-0.39, 0.29) is 6.42 Å². The molecule has 0 bridgehead atoms. The number of hydrogen-bond donors (Lipinski definition) is 2. The smallest absolute Gasteiger partial charge is 0.303 e. The predicted molar refractivity (Wildman–Crippen MR) is 42.3 cm³/mol. The zero-order valence-electron chi connectivity index (χ0n) is 6.49. The lowest BCUT2D eigenvalue weighted by Gasteiger charge is -2.02. The molecular weight excluding hydrogens is 144 g/mol. The van der Waals surface area contributed by atoms with E-state index in [2.05, 4.69) is 6.58 Å². The lowest BCUT2D eigenvalue weighted by molar-refractivity contribution is -0.137. The van der Waals surface area contributed by atoms with Crippen molar-refractivity contribution in [3.05, 3.63) is 12.7 Å². The Morgan fingerprint density at radius 2 is 2.18 bits per heavy atom. The third kappa shape index (κ3) is 7.06. The van der Waals surface area contributed by atoms with Crippen LogP contribution in [0.2, 0.25) is 0 Å². The minimum Gasteiger partial charge on any atom is -0.481 e. The molecular formula is C8H14O3. The average molecular weight is 158 g/mol. The maximum absolute atomic E-state index is 10.0. The molecule has 0 fully saturated rings. The number of carboxylic acids is 1. The fourth-order valence-corrected chi connectivity index (χ4v) is 0.748. The van der Waals surface area contributed by atoms with Gasteiger partial charge in [0.1, 0.15) is 0 Å². The molecule has 0 spiro atoms. The molecule has 0 radical (unpaired) electrons. The summed E-state index contributed by atoms with van der Waals surface area (Å²) >= 11 is 0. The molecule has 0 aromatic rings. The van der Waals surface area contributed by atoms with Crippen LogP contribution in [0, 0.1) is 0 Å². The molecule has 0 aliphatic rings. The lowest BCUT2D eigenvalue weighted by atomic mass is 10.1. The summed E-state index contributed by atoms with van der Waals surface area (Å²) in [6.45, 7) is 3.41. The van der Waals surface area contributed by atoms with Gasteiger partial charge in [-0.3, -0.25) is 4.79 Å². The van der Waals surface area contributed by atoms with Crippen molar-refractivity contribution in [2.45, 2.75) is 31.8 Å². The van der Waals surface area contributed by atoms with Crippen molar-refractivity contribution in [3.8, 4) is 0 Å². The third-order valence-corrected chi connectivity index (χ3v) is 1.41. The van der Waals surface area contributed by atoms with Gasteiger partial charge in [0.05, 0.1) is 6.10 Å². The van der Waals surface area contributed by atoms with Gasteiger partial charge in [0.2, 0.25) is 0 Å². The van der Waals surface area contributed by atoms with Gasteiger partial charge >= 0.3 is 5.97 Å². The minimum absolute atomic E-state index is 0.184. The van der Waals surface area contributed by atoms with Gasteiger partial charge in [-0.25, -0.2) is 0 Å². The van der Waals surface area contributed by atoms with Crippen LogP contribution < -0.4 is 0 Å². The molecule has 1 atom stereocenters. The lowest BCUT2D eigenvalue weighted by Crippen LogP contribution is -2.01. The molecule has 0 saturated heterocycles. The number of carboxylic acid groups (broad SMARTS) is 1. The monoisotopic (exact) mass is 158 g/mol. The Labute approximate surface area is 66.4 Å². The van der Waals surface area contributed by atoms with Gasteiger partial charge in [0.25, 0.3) is 0 Å². The zero-order valence-corrected chi connectivity index (χ0v) is 6.49. The van der Waals surface area contributed by atoms with E-state index >= 15 is 0 Å². The molecule has 0 heterocycles. The molecule has 64 valence electrons. The summed E-state index contributed by atoms with van der Waals surface area (Å²) in [4.78, 5) is 10.0. The second kappa shape index (κ2) is 5.92. The predicted octanol–water partition coefficient (Wildman–Crippen LogP) is 1.18. The largest absolute Gasteiger partial charge is 0.481 e. The molecule has 3 nitrogen and oxygen atoms in total. The summed E-state index contributed by atoms with van der Waals surface area (Å²) in [5.41, 5.74) is 0. The first-order valence-electron chi connectivity index (χ1n) is 3.69. The van der Waals surface area contributed by atoms with Crippen LogP contribution in [0.25, 0.3) is 0 Å². The van der Waals surface area contributed by atoms with Crippen molar-refractivity contribution in [3.63, 3.8) is 0 Å². The first kappa shape index (κ1) is 10.2. The molecule has 0 aromatic carbocycles. The first-order chi connectivity index (χ1) is 5.16. The Balaban J connectivity index is 3.14. The molecule has 2 N–H and O–H groups in total. The van der Waals surface area contributed by atoms with E-state index in [9.17, 15) is 4.79 Å². The number of unbranched alkanes of at least 4 members (excludes halogenated alkanes) is 1.